The van der Waals surface area contributed by atoms with Crippen LogP contribution in [0.4, 0.5) is 5.69 Å². The number of benzene rings is 1. The highest BCUT2D eigenvalue weighted by molar-refractivity contribution is 9.11. The van der Waals surface area contributed by atoms with Gasteiger partial charge in [0.25, 0.3) is 0 Å². The van der Waals surface area contributed by atoms with Gasteiger partial charge in [0, 0.05) is 8.95 Å². The predicted octanol–water partition coefficient (Wildman–Crippen LogP) is 1.75. The van der Waals surface area contributed by atoms with E-state index in [2.05, 4.69) is 31.9 Å². The Morgan fingerprint density at radius 3 is 2.27 bits per heavy atom. The Morgan fingerprint density at radius 2 is 1.87 bits per heavy atom. The average Bonchev–Trinajstić information content (AvgIpc) is 2.13. The highest BCUT2D eigenvalue weighted by Crippen LogP contribution is 2.29. The number of halogens is 2. The fourth-order valence-corrected chi connectivity index (χ4v) is 2.38. The van der Waals surface area contributed by atoms with Gasteiger partial charge in [-0.05, 0) is 56.0 Å². The largest absolute Gasteiger partial charge is 0.480 e. The molecule has 4 nitrogen and oxygen atoms in total. The van der Waals surface area contributed by atoms with Gasteiger partial charge in [0.15, 0.2) is 0 Å². The van der Waals surface area contributed by atoms with Crippen LogP contribution in [0.15, 0.2) is 21.1 Å². The zero-order valence-corrected chi connectivity index (χ0v) is 10.9. The molecule has 0 spiro atoms. The van der Waals surface area contributed by atoms with Crippen molar-refractivity contribution in [2.75, 3.05) is 5.73 Å². The maximum atomic E-state index is 10.6. The molecule has 1 rings (SSSR count). The number of nitrogen functional groups attached to an aromatic ring is 1. The Bertz CT molecular complexity index is 373. The summed E-state index contributed by atoms with van der Waals surface area (Å²) >= 11 is 6.56. The molecule has 0 heterocycles. The molecule has 0 aliphatic rings. The van der Waals surface area contributed by atoms with Gasteiger partial charge in [-0.15, -0.1) is 0 Å². The van der Waals surface area contributed by atoms with Crippen molar-refractivity contribution in [1.29, 1.82) is 0 Å². The molecule has 0 aliphatic carbocycles. The van der Waals surface area contributed by atoms with E-state index in [-0.39, 0.29) is 6.42 Å². The fourth-order valence-electron chi connectivity index (χ4n) is 1.10. The van der Waals surface area contributed by atoms with Crippen LogP contribution in [0.2, 0.25) is 0 Å². The van der Waals surface area contributed by atoms with Gasteiger partial charge in [-0.3, -0.25) is 4.79 Å². The Kier molecular flexibility index (Phi) is 4.12. The number of carbonyl (C=O) groups is 1. The van der Waals surface area contributed by atoms with E-state index in [1.807, 2.05) is 0 Å². The summed E-state index contributed by atoms with van der Waals surface area (Å²) in [6.07, 6.45) is 0.271. The molecule has 1 aromatic carbocycles. The van der Waals surface area contributed by atoms with Crippen molar-refractivity contribution >= 4 is 43.5 Å². The van der Waals surface area contributed by atoms with Crippen LogP contribution in [0.1, 0.15) is 5.56 Å². The second kappa shape index (κ2) is 4.96. The monoisotopic (exact) mass is 336 g/mol. The standard InChI is InChI=1S/C9H10Br2N2O2/c10-5-1-4(2-6(11)8(5)13)3-7(12)9(14)15/h1-2,7H,3,12-13H2,(H,14,15)/t7-/m0/s1. The van der Waals surface area contributed by atoms with E-state index in [0.717, 1.165) is 14.5 Å². The van der Waals surface area contributed by atoms with Gasteiger partial charge in [0.2, 0.25) is 0 Å². The Labute approximate surface area is 104 Å². The van der Waals surface area contributed by atoms with Gasteiger partial charge in [-0.25, -0.2) is 0 Å². The molecule has 0 saturated heterocycles. The number of hydrogen-bond donors (Lipinski definition) is 3. The van der Waals surface area contributed by atoms with Crippen molar-refractivity contribution in [2.24, 2.45) is 5.73 Å². The number of aliphatic carboxylic acids is 1. The quantitative estimate of drug-likeness (QED) is 0.733. The smallest absolute Gasteiger partial charge is 0.320 e. The minimum absolute atomic E-state index is 0.271. The van der Waals surface area contributed by atoms with Crippen molar-refractivity contribution in [2.45, 2.75) is 12.5 Å². The van der Waals surface area contributed by atoms with E-state index in [9.17, 15) is 4.79 Å². The van der Waals surface area contributed by atoms with Crippen molar-refractivity contribution in [3.8, 4) is 0 Å². The number of carboxylic acids is 1. The molecule has 5 N–H and O–H groups in total. The third-order valence-corrected chi connectivity index (χ3v) is 3.22. The third-order valence-electron chi connectivity index (χ3n) is 1.91. The SMILES string of the molecule is Nc1c(Br)cc(C[C@H](N)C(=O)O)cc1Br. The van der Waals surface area contributed by atoms with Gasteiger partial charge in [-0.1, -0.05) is 0 Å². The lowest BCUT2D eigenvalue weighted by Gasteiger charge is -2.09. The molecule has 0 aliphatic heterocycles. The fraction of sp³-hybridized carbons (Fsp3) is 0.222. The number of hydrogen-bond acceptors (Lipinski definition) is 3. The lowest BCUT2D eigenvalue weighted by molar-refractivity contribution is -0.138. The first-order valence-electron chi connectivity index (χ1n) is 4.13. The van der Waals surface area contributed by atoms with E-state index in [1.54, 1.807) is 12.1 Å². The molecule has 6 heteroatoms. The van der Waals surface area contributed by atoms with Crippen LogP contribution in [0.5, 0.6) is 0 Å². The zero-order chi connectivity index (χ0) is 11.6. The van der Waals surface area contributed by atoms with E-state index >= 15 is 0 Å². The molecular formula is C9H10Br2N2O2. The first-order valence-corrected chi connectivity index (χ1v) is 5.72. The van der Waals surface area contributed by atoms with Gasteiger partial charge in [-0.2, -0.15) is 0 Å². The summed E-state index contributed by atoms with van der Waals surface area (Å²) in [6, 6.07) is 2.64. The van der Waals surface area contributed by atoms with Crippen LogP contribution in [-0.2, 0) is 11.2 Å². The van der Waals surface area contributed by atoms with Crippen LogP contribution in [0, 0.1) is 0 Å². The van der Waals surface area contributed by atoms with Crippen LogP contribution >= 0.6 is 31.9 Å². The number of carboxylic acid groups (broad SMARTS) is 1. The molecule has 0 bridgehead atoms. The molecule has 82 valence electrons. The van der Waals surface area contributed by atoms with Crippen molar-refractivity contribution in [1.82, 2.24) is 0 Å². The topological polar surface area (TPSA) is 89.3 Å². The van der Waals surface area contributed by atoms with Crippen LogP contribution < -0.4 is 11.5 Å². The average molecular weight is 338 g/mol. The number of rotatable bonds is 3. The number of anilines is 1. The van der Waals surface area contributed by atoms with Crippen molar-refractivity contribution in [3.63, 3.8) is 0 Å². The summed E-state index contributed by atoms with van der Waals surface area (Å²) in [6.45, 7) is 0. The van der Waals surface area contributed by atoms with E-state index in [1.165, 1.54) is 0 Å². The van der Waals surface area contributed by atoms with Crippen molar-refractivity contribution < 1.29 is 9.90 Å². The summed E-state index contributed by atoms with van der Waals surface area (Å²) in [5.41, 5.74) is 12.5. The highest BCUT2D eigenvalue weighted by atomic mass is 79.9. The second-order valence-corrected chi connectivity index (χ2v) is 4.83. The van der Waals surface area contributed by atoms with Gasteiger partial charge in [0.1, 0.15) is 6.04 Å². The third kappa shape index (κ3) is 3.19. The van der Waals surface area contributed by atoms with Gasteiger partial charge >= 0.3 is 5.97 Å². The van der Waals surface area contributed by atoms with E-state index in [4.69, 9.17) is 16.6 Å². The molecule has 0 unspecified atom stereocenters. The first-order chi connectivity index (χ1) is 6.91. The lowest BCUT2D eigenvalue weighted by Crippen LogP contribution is -2.32. The molecule has 1 aromatic rings. The molecule has 0 radical (unpaired) electrons. The Balaban J connectivity index is 2.92. The molecule has 0 amide bonds. The van der Waals surface area contributed by atoms with E-state index < -0.39 is 12.0 Å². The molecule has 0 fully saturated rings. The minimum Gasteiger partial charge on any atom is -0.480 e. The summed E-state index contributed by atoms with van der Waals surface area (Å²) in [5, 5.41) is 8.66. The number of nitrogens with two attached hydrogens (primary N) is 2. The zero-order valence-electron chi connectivity index (χ0n) is 7.71. The Hall–Kier alpha value is -0.590. The summed E-state index contributed by atoms with van der Waals surface area (Å²) < 4.78 is 1.45. The molecular weight excluding hydrogens is 328 g/mol. The normalized spacial score (nSPS) is 12.5. The van der Waals surface area contributed by atoms with Crippen LogP contribution in [0.3, 0.4) is 0 Å². The maximum Gasteiger partial charge on any atom is 0.320 e. The summed E-state index contributed by atoms with van der Waals surface area (Å²) in [4.78, 5) is 10.6. The highest BCUT2D eigenvalue weighted by Gasteiger charge is 2.13. The van der Waals surface area contributed by atoms with E-state index in [0.29, 0.717) is 5.69 Å². The van der Waals surface area contributed by atoms with Crippen LogP contribution in [-0.4, -0.2) is 17.1 Å². The molecule has 15 heavy (non-hydrogen) atoms. The van der Waals surface area contributed by atoms with Gasteiger partial charge < -0.3 is 16.6 Å². The molecule has 0 saturated carbocycles. The summed E-state index contributed by atoms with van der Waals surface area (Å²) in [7, 11) is 0. The molecule has 0 aromatic heterocycles. The lowest BCUT2D eigenvalue weighted by atomic mass is 10.1. The Morgan fingerprint density at radius 1 is 1.40 bits per heavy atom. The van der Waals surface area contributed by atoms with Gasteiger partial charge in [0.05, 0.1) is 5.69 Å². The summed E-state index contributed by atoms with van der Waals surface area (Å²) in [5.74, 6) is -1.01. The maximum absolute atomic E-state index is 10.6. The molecule has 1 atom stereocenters. The van der Waals surface area contributed by atoms with Crippen molar-refractivity contribution in [3.05, 3.63) is 26.6 Å². The van der Waals surface area contributed by atoms with Crippen LogP contribution in [0.25, 0.3) is 0 Å². The first kappa shape index (κ1) is 12.5. The predicted molar refractivity (Wildman–Crippen MR) is 65.6 cm³/mol. The minimum atomic E-state index is -1.01. The second-order valence-electron chi connectivity index (χ2n) is 3.12.